The molecular formula is C13H21N3O3. The summed E-state index contributed by atoms with van der Waals surface area (Å²) in [6.07, 6.45) is 1.30. The Morgan fingerprint density at radius 1 is 1.63 bits per heavy atom. The maximum atomic E-state index is 11.7. The number of aliphatic hydroxyl groups is 1. The Hall–Kier alpha value is -1.56. The molecule has 1 aromatic heterocycles. The fourth-order valence-corrected chi connectivity index (χ4v) is 2.17. The molecule has 19 heavy (non-hydrogen) atoms. The number of aryl methyl sites for hydroxylation is 1. The van der Waals surface area contributed by atoms with Gasteiger partial charge in [0, 0.05) is 5.69 Å². The number of amides is 1. The molecule has 0 aromatic carbocycles. The van der Waals surface area contributed by atoms with Gasteiger partial charge in [-0.05, 0) is 39.7 Å². The van der Waals surface area contributed by atoms with Crippen molar-refractivity contribution >= 4 is 6.09 Å². The van der Waals surface area contributed by atoms with Crippen LogP contribution in [0.15, 0.2) is 6.07 Å². The Morgan fingerprint density at radius 3 is 3.00 bits per heavy atom. The number of carbonyl (C=O) groups excluding carboxylic acids is 1. The maximum Gasteiger partial charge on any atom is 0.407 e. The van der Waals surface area contributed by atoms with Crippen LogP contribution in [0, 0.1) is 0 Å². The second-order valence-electron chi connectivity index (χ2n) is 5.85. The van der Waals surface area contributed by atoms with E-state index in [-0.39, 0.29) is 12.6 Å². The van der Waals surface area contributed by atoms with E-state index in [1.165, 1.54) is 0 Å². The third-order valence-electron chi connectivity index (χ3n) is 2.94. The van der Waals surface area contributed by atoms with E-state index in [2.05, 4.69) is 10.4 Å². The summed E-state index contributed by atoms with van der Waals surface area (Å²) in [5, 5.41) is 16.2. The van der Waals surface area contributed by atoms with Gasteiger partial charge in [-0.2, -0.15) is 5.10 Å². The van der Waals surface area contributed by atoms with Gasteiger partial charge < -0.3 is 15.2 Å². The lowest BCUT2D eigenvalue weighted by Gasteiger charge is -2.26. The second kappa shape index (κ2) is 5.21. The molecule has 0 saturated carbocycles. The molecule has 2 rings (SSSR count). The Balaban J connectivity index is 1.93. The molecule has 2 N–H and O–H groups in total. The van der Waals surface area contributed by atoms with E-state index in [4.69, 9.17) is 9.84 Å². The van der Waals surface area contributed by atoms with E-state index in [1.54, 1.807) is 0 Å². The standard InChI is InChI=1S/C13H21N3O3/c1-13(2,3)19-12(18)14-9-4-5-11-6-10(8-17)15-16(11)7-9/h6,9,17H,4-5,7-8H2,1-3H3,(H,14,18)/t9-/m0/s1. The van der Waals surface area contributed by atoms with Crippen molar-refractivity contribution in [2.45, 2.75) is 58.4 Å². The van der Waals surface area contributed by atoms with E-state index in [0.29, 0.717) is 12.2 Å². The minimum Gasteiger partial charge on any atom is -0.444 e. The third kappa shape index (κ3) is 3.70. The van der Waals surface area contributed by atoms with E-state index >= 15 is 0 Å². The van der Waals surface area contributed by atoms with Crippen LogP contribution in [0.5, 0.6) is 0 Å². The number of fused-ring (bicyclic) bond motifs is 1. The molecule has 1 atom stereocenters. The number of aromatic nitrogens is 2. The zero-order valence-corrected chi connectivity index (χ0v) is 11.6. The van der Waals surface area contributed by atoms with Crippen molar-refractivity contribution in [3.63, 3.8) is 0 Å². The van der Waals surface area contributed by atoms with Crippen LogP contribution in [0.25, 0.3) is 0 Å². The number of nitrogens with zero attached hydrogens (tertiary/aromatic N) is 2. The summed E-state index contributed by atoms with van der Waals surface area (Å²) in [7, 11) is 0. The first kappa shape index (κ1) is 13.9. The van der Waals surface area contributed by atoms with Gasteiger partial charge in [0.25, 0.3) is 0 Å². The third-order valence-corrected chi connectivity index (χ3v) is 2.94. The van der Waals surface area contributed by atoms with Crippen LogP contribution in [0.4, 0.5) is 4.79 Å². The summed E-state index contributed by atoms with van der Waals surface area (Å²) in [4.78, 5) is 11.7. The van der Waals surface area contributed by atoms with Crippen molar-refractivity contribution in [3.8, 4) is 0 Å². The van der Waals surface area contributed by atoms with Crippen LogP contribution < -0.4 is 5.32 Å². The number of carbonyl (C=O) groups is 1. The van der Waals surface area contributed by atoms with E-state index in [0.717, 1.165) is 18.5 Å². The first-order valence-corrected chi connectivity index (χ1v) is 6.53. The summed E-state index contributed by atoms with van der Waals surface area (Å²) < 4.78 is 7.08. The minimum absolute atomic E-state index is 0.0220. The molecule has 1 aliphatic heterocycles. The fraction of sp³-hybridized carbons (Fsp3) is 0.692. The molecule has 0 radical (unpaired) electrons. The van der Waals surface area contributed by atoms with Crippen molar-refractivity contribution in [1.29, 1.82) is 0 Å². The zero-order chi connectivity index (χ0) is 14.0. The average Bonchev–Trinajstić information content (AvgIpc) is 2.68. The summed E-state index contributed by atoms with van der Waals surface area (Å²) in [5.74, 6) is 0. The lowest BCUT2D eigenvalue weighted by Crippen LogP contribution is -2.43. The molecular weight excluding hydrogens is 246 g/mol. The smallest absolute Gasteiger partial charge is 0.407 e. The predicted octanol–water partition coefficient (Wildman–Crippen LogP) is 1.21. The first-order valence-electron chi connectivity index (χ1n) is 6.53. The number of hydrogen-bond acceptors (Lipinski definition) is 4. The lowest BCUT2D eigenvalue weighted by molar-refractivity contribution is 0.0491. The van der Waals surface area contributed by atoms with E-state index in [9.17, 15) is 4.79 Å². The minimum atomic E-state index is -0.486. The molecule has 6 heteroatoms. The molecule has 1 amide bonds. The van der Waals surface area contributed by atoms with Gasteiger partial charge in [-0.25, -0.2) is 4.79 Å². The Labute approximate surface area is 112 Å². The molecule has 0 unspecified atom stereocenters. The molecule has 0 aliphatic carbocycles. The van der Waals surface area contributed by atoms with Gasteiger partial charge in [0.1, 0.15) is 5.60 Å². The van der Waals surface area contributed by atoms with E-state index in [1.807, 2.05) is 31.5 Å². The molecule has 106 valence electrons. The number of rotatable bonds is 2. The largest absolute Gasteiger partial charge is 0.444 e. The Kier molecular flexibility index (Phi) is 3.80. The zero-order valence-electron chi connectivity index (χ0n) is 11.6. The van der Waals surface area contributed by atoms with Gasteiger partial charge in [-0.15, -0.1) is 0 Å². The summed E-state index contributed by atoms with van der Waals surface area (Å²) in [6.45, 7) is 6.09. The molecule has 0 spiro atoms. The van der Waals surface area contributed by atoms with Crippen molar-refractivity contribution in [2.24, 2.45) is 0 Å². The average molecular weight is 267 g/mol. The van der Waals surface area contributed by atoms with Crippen LogP contribution in [0.3, 0.4) is 0 Å². The van der Waals surface area contributed by atoms with Crippen molar-refractivity contribution in [1.82, 2.24) is 15.1 Å². The Bertz CT molecular complexity index is 462. The highest BCUT2D eigenvalue weighted by Crippen LogP contribution is 2.16. The highest BCUT2D eigenvalue weighted by molar-refractivity contribution is 5.68. The molecule has 2 heterocycles. The van der Waals surface area contributed by atoms with Crippen LogP contribution in [0.1, 0.15) is 38.6 Å². The monoisotopic (exact) mass is 267 g/mol. The highest BCUT2D eigenvalue weighted by atomic mass is 16.6. The molecule has 1 aromatic rings. The summed E-state index contributed by atoms with van der Waals surface area (Å²) in [6, 6.07) is 1.93. The van der Waals surface area contributed by atoms with Gasteiger partial charge in [0.05, 0.1) is 24.9 Å². The maximum absolute atomic E-state index is 11.7. The van der Waals surface area contributed by atoms with Crippen molar-refractivity contribution < 1.29 is 14.6 Å². The molecule has 0 fully saturated rings. The van der Waals surface area contributed by atoms with Crippen molar-refractivity contribution in [2.75, 3.05) is 0 Å². The lowest BCUT2D eigenvalue weighted by atomic mass is 10.1. The molecule has 6 nitrogen and oxygen atoms in total. The topological polar surface area (TPSA) is 76.4 Å². The number of hydrogen-bond donors (Lipinski definition) is 2. The number of aliphatic hydroxyl groups excluding tert-OH is 1. The Morgan fingerprint density at radius 2 is 2.37 bits per heavy atom. The molecule has 0 bridgehead atoms. The SMILES string of the molecule is CC(C)(C)OC(=O)N[C@H]1CCc2cc(CO)nn2C1. The first-order chi connectivity index (χ1) is 8.87. The van der Waals surface area contributed by atoms with Gasteiger partial charge >= 0.3 is 6.09 Å². The van der Waals surface area contributed by atoms with Crippen LogP contribution >= 0.6 is 0 Å². The molecule has 1 aliphatic rings. The van der Waals surface area contributed by atoms with Gasteiger partial charge in [0.2, 0.25) is 0 Å². The highest BCUT2D eigenvalue weighted by Gasteiger charge is 2.24. The van der Waals surface area contributed by atoms with E-state index < -0.39 is 11.7 Å². The van der Waals surface area contributed by atoms with Gasteiger partial charge in [0.15, 0.2) is 0 Å². The van der Waals surface area contributed by atoms with Crippen LogP contribution in [-0.2, 0) is 24.3 Å². The fourth-order valence-electron chi connectivity index (χ4n) is 2.17. The normalized spacial score (nSPS) is 18.8. The summed E-state index contributed by atoms with van der Waals surface area (Å²) >= 11 is 0. The van der Waals surface area contributed by atoms with Gasteiger partial charge in [-0.1, -0.05) is 0 Å². The predicted molar refractivity (Wildman–Crippen MR) is 69.6 cm³/mol. The number of nitrogens with one attached hydrogen (secondary N) is 1. The van der Waals surface area contributed by atoms with Crippen LogP contribution in [0.2, 0.25) is 0 Å². The second-order valence-corrected chi connectivity index (χ2v) is 5.85. The molecule has 0 saturated heterocycles. The summed E-state index contributed by atoms with van der Waals surface area (Å²) in [5.41, 5.74) is 1.29. The van der Waals surface area contributed by atoms with Gasteiger partial charge in [-0.3, -0.25) is 4.68 Å². The number of alkyl carbamates (subject to hydrolysis) is 1. The number of ether oxygens (including phenoxy) is 1. The quantitative estimate of drug-likeness (QED) is 0.844. The van der Waals surface area contributed by atoms with Crippen LogP contribution in [-0.4, -0.2) is 32.6 Å². The van der Waals surface area contributed by atoms with Crippen molar-refractivity contribution in [3.05, 3.63) is 17.5 Å².